The average Bonchev–Trinajstić information content (AvgIpc) is 3.20. The van der Waals surface area contributed by atoms with E-state index in [4.69, 9.17) is 13.9 Å². The van der Waals surface area contributed by atoms with Crippen molar-refractivity contribution in [2.24, 2.45) is 22.2 Å². The molecule has 25 heavy (non-hydrogen) atoms. The lowest BCUT2D eigenvalue weighted by Crippen LogP contribution is -2.28. The van der Waals surface area contributed by atoms with Crippen LogP contribution in [-0.4, -0.2) is 18.5 Å². The predicted octanol–water partition coefficient (Wildman–Crippen LogP) is 2.62. The Labute approximate surface area is 143 Å². The highest BCUT2D eigenvalue weighted by molar-refractivity contribution is 6.01. The van der Waals surface area contributed by atoms with Crippen molar-refractivity contribution in [3.05, 3.63) is 59.1 Å². The molecule has 5 heteroatoms. The quantitative estimate of drug-likeness (QED) is 0.739. The summed E-state index contributed by atoms with van der Waals surface area (Å²) in [5, 5.41) is 0. The molecule has 2 aliphatic heterocycles. The largest absolute Gasteiger partial charge is 0.472 e. The van der Waals surface area contributed by atoms with Crippen LogP contribution in [0.5, 0.6) is 0 Å². The molecule has 0 amide bonds. The lowest BCUT2D eigenvalue weighted by Gasteiger charge is -2.31. The molecule has 4 bridgehead atoms. The summed E-state index contributed by atoms with van der Waals surface area (Å²) in [5.41, 5.74) is 2.77. The highest BCUT2D eigenvalue weighted by atomic mass is 16.6. The molecular weight excluding hydrogens is 320 g/mol. The first kappa shape index (κ1) is 12.8. The first-order chi connectivity index (χ1) is 12.1. The average molecular weight is 334 g/mol. The number of ether oxygens (including phenoxy) is 2. The summed E-state index contributed by atoms with van der Waals surface area (Å²) in [7, 11) is 0. The number of hydrogen-bond donors (Lipinski definition) is 0. The van der Waals surface area contributed by atoms with E-state index >= 15 is 0 Å². The van der Waals surface area contributed by atoms with Crippen molar-refractivity contribution in [3.63, 3.8) is 0 Å². The third kappa shape index (κ3) is 0.969. The van der Waals surface area contributed by atoms with Crippen molar-refractivity contribution in [3.8, 4) is 0 Å². The zero-order valence-corrected chi connectivity index (χ0v) is 13.3. The molecule has 3 heterocycles. The summed E-state index contributed by atoms with van der Waals surface area (Å²) in [6.45, 7) is 0.414. The van der Waals surface area contributed by atoms with Gasteiger partial charge in [-0.3, -0.25) is 0 Å². The van der Waals surface area contributed by atoms with Crippen molar-refractivity contribution in [1.82, 2.24) is 0 Å². The van der Waals surface area contributed by atoms with Crippen molar-refractivity contribution >= 4 is 11.9 Å². The molecule has 3 fully saturated rings. The molecule has 124 valence electrons. The first-order valence-corrected chi connectivity index (χ1v) is 8.71. The lowest BCUT2D eigenvalue weighted by molar-refractivity contribution is -0.140. The second-order valence-corrected chi connectivity index (χ2v) is 8.11. The molecule has 0 N–H and O–H groups in total. The second kappa shape index (κ2) is 3.39. The minimum atomic E-state index is -0.418. The summed E-state index contributed by atoms with van der Waals surface area (Å²) >= 11 is 0. The number of furan rings is 1. The van der Waals surface area contributed by atoms with Crippen LogP contribution in [0.4, 0.5) is 0 Å². The summed E-state index contributed by atoms with van der Waals surface area (Å²) in [6, 6.07) is 1.85. The molecule has 0 radical (unpaired) electrons. The Morgan fingerprint density at radius 2 is 2.04 bits per heavy atom. The third-order valence-corrected chi connectivity index (χ3v) is 7.68. The molecule has 1 saturated heterocycles. The normalized spacial score (nSPS) is 47.1. The molecule has 8 rings (SSSR count). The lowest BCUT2D eigenvalue weighted by atomic mass is 9.69. The molecule has 0 aromatic carbocycles. The van der Waals surface area contributed by atoms with Crippen LogP contribution >= 0.6 is 0 Å². The van der Waals surface area contributed by atoms with Crippen molar-refractivity contribution in [2.75, 3.05) is 6.61 Å². The monoisotopic (exact) mass is 334 g/mol. The fourth-order valence-corrected chi connectivity index (χ4v) is 7.08. The number of rotatable bonds is 1. The molecule has 7 aliphatic rings. The van der Waals surface area contributed by atoms with E-state index in [0.717, 1.165) is 29.6 Å². The van der Waals surface area contributed by atoms with Gasteiger partial charge in [-0.1, -0.05) is 18.2 Å². The fraction of sp³-hybridized carbons (Fsp3) is 0.400. The Kier molecular flexibility index (Phi) is 1.73. The second-order valence-electron chi connectivity index (χ2n) is 8.11. The molecule has 3 spiro atoms. The molecule has 1 aromatic heterocycles. The van der Waals surface area contributed by atoms with Crippen LogP contribution in [0.1, 0.15) is 24.5 Å². The van der Waals surface area contributed by atoms with Crippen molar-refractivity contribution in [2.45, 2.75) is 18.9 Å². The van der Waals surface area contributed by atoms with Gasteiger partial charge in [-0.2, -0.15) is 0 Å². The van der Waals surface area contributed by atoms with E-state index in [0.29, 0.717) is 18.1 Å². The van der Waals surface area contributed by atoms with E-state index in [1.165, 1.54) is 0 Å². The van der Waals surface area contributed by atoms with Crippen LogP contribution in [0.3, 0.4) is 0 Å². The topological polar surface area (TPSA) is 65.7 Å². The maximum Gasteiger partial charge on any atom is 0.339 e. The number of hydrogen-bond acceptors (Lipinski definition) is 5. The van der Waals surface area contributed by atoms with Gasteiger partial charge in [-0.15, -0.1) is 0 Å². The SMILES string of the molecule is O=C1OC[C@@]23C1=C[C@H]1C[C@@]24C=CC2=C([C@@H](c5ccoc5)OC2=O)[C@@]43C1. The van der Waals surface area contributed by atoms with E-state index in [9.17, 15) is 9.59 Å². The van der Waals surface area contributed by atoms with Gasteiger partial charge >= 0.3 is 11.9 Å². The predicted molar refractivity (Wildman–Crippen MR) is 82.8 cm³/mol. The number of esters is 2. The maximum atomic E-state index is 12.5. The minimum Gasteiger partial charge on any atom is -0.472 e. The zero-order chi connectivity index (χ0) is 16.6. The van der Waals surface area contributed by atoms with Crippen LogP contribution in [0.25, 0.3) is 0 Å². The van der Waals surface area contributed by atoms with Crippen molar-refractivity contribution in [1.29, 1.82) is 0 Å². The van der Waals surface area contributed by atoms with Crippen molar-refractivity contribution < 1.29 is 23.5 Å². The number of allylic oxidation sites excluding steroid dienone is 2. The van der Waals surface area contributed by atoms with Crippen LogP contribution in [0.2, 0.25) is 0 Å². The molecular formula is C20H14O5. The van der Waals surface area contributed by atoms with Crippen LogP contribution in [0, 0.1) is 22.2 Å². The summed E-state index contributed by atoms with van der Waals surface area (Å²) in [4.78, 5) is 24.9. The number of cyclic esters (lactones) is 2. The smallest absolute Gasteiger partial charge is 0.339 e. The Morgan fingerprint density at radius 3 is 2.88 bits per heavy atom. The van der Waals surface area contributed by atoms with E-state index in [2.05, 4.69) is 12.2 Å². The Balaban J connectivity index is 1.53. The molecule has 5 atom stereocenters. The van der Waals surface area contributed by atoms with Gasteiger partial charge in [-0.25, -0.2) is 9.59 Å². The maximum absolute atomic E-state index is 12.5. The summed E-state index contributed by atoms with van der Waals surface area (Å²) in [6.07, 6.45) is 11.0. The fourth-order valence-electron chi connectivity index (χ4n) is 7.08. The Bertz CT molecular complexity index is 995. The highest BCUT2D eigenvalue weighted by Gasteiger charge is 2.95. The van der Waals surface area contributed by atoms with Crippen LogP contribution in [-0.2, 0) is 19.1 Å². The van der Waals surface area contributed by atoms with Gasteiger partial charge in [0.15, 0.2) is 6.10 Å². The number of carbonyl (C=O) groups is 2. The first-order valence-electron chi connectivity index (χ1n) is 8.71. The van der Waals surface area contributed by atoms with Crippen LogP contribution in [0.15, 0.2) is 58.0 Å². The van der Waals surface area contributed by atoms with E-state index in [1.807, 2.05) is 12.1 Å². The van der Waals surface area contributed by atoms with Gasteiger partial charge < -0.3 is 13.9 Å². The van der Waals surface area contributed by atoms with Gasteiger partial charge in [0.25, 0.3) is 0 Å². The molecule has 2 saturated carbocycles. The molecule has 0 unspecified atom stereocenters. The molecule has 5 aliphatic carbocycles. The Hall–Kier alpha value is -2.56. The minimum absolute atomic E-state index is 0.101. The van der Waals surface area contributed by atoms with Crippen LogP contribution < -0.4 is 0 Å². The summed E-state index contributed by atoms with van der Waals surface area (Å²) < 4.78 is 16.5. The zero-order valence-electron chi connectivity index (χ0n) is 13.3. The van der Waals surface area contributed by atoms with E-state index in [-0.39, 0.29) is 28.2 Å². The van der Waals surface area contributed by atoms with Gasteiger partial charge in [0.1, 0.15) is 6.61 Å². The Morgan fingerprint density at radius 1 is 1.12 bits per heavy atom. The highest BCUT2D eigenvalue weighted by Crippen LogP contribution is 2.96. The van der Waals surface area contributed by atoms with E-state index < -0.39 is 6.10 Å². The van der Waals surface area contributed by atoms with Gasteiger partial charge in [0, 0.05) is 22.0 Å². The standard InChI is InChI=1S/C20H14O5/c21-16-12-1-3-18-6-10-5-13-17(22)24-9-20(13,18)19(18,7-10)14(12)15(25-16)11-2-4-23-8-11/h1-5,8,10,15H,6-7,9H2/t10-,15+,18+,19-,20+/m0/s1. The van der Waals surface area contributed by atoms with E-state index in [1.54, 1.807) is 12.5 Å². The summed E-state index contributed by atoms with van der Waals surface area (Å²) in [5.74, 6) is -0.0970. The molecule has 5 nitrogen and oxygen atoms in total. The molecule has 1 aromatic rings. The third-order valence-electron chi connectivity index (χ3n) is 7.68. The number of carbonyl (C=O) groups excluding carboxylic acids is 2. The van der Waals surface area contributed by atoms with Gasteiger partial charge in [-0.05, 0) is 30.4 Å². The van der Waals surface area contributed by atoms with Gasteiger partial charge in [0.05, 0.1) is 23.5 Å². The van der Waals surface area contributed by atoms with Gasteiger partial charge in [0.2, 0.25) is 0 Å².